The summed E-state index contributed by atoms with van der Waals surface area (Å²) >= 11 is 0. The van der Waals surface area contributed by atoms with Crippen LogP contribution in [-0.2, 0) is 4.79 Å². The number of rotatable bonds is 2. The van der Waals surface area contributed by atoms with Crippen LogP contribution in [0.4, 0.5) is 11.4 Å². The average molecular weight is 236 g/mol. The first-order chi connectivity index (χ1) is 8.00. The highest BCUT2D eigenvalue weighted by atomic mass is 16.6. The highest BCUT2D eigenvalue weighted by molar-refractivity contribution is 5.99. The Morgan fingerprint density at radius 3 is 2.76 bits per heavy atom. The van der Waals surface area contributed by atoms with Crippen LogP contribution in [0.3, 0.4) is 0 Å². The summed E-state index contributed by atoms with van der Waals surface area (Å²) in [5.74, 6) is -0.282. The van der Waals surface area contributed by atoms with Crippen molar-refractivity contribution in [3.63, 3.8) is 0 Å². The molecule has 6 heteroatoms. The molecule has 1 aliphatic heterocycles. The van der Waals surface area contributed by atoms with Gasteiger partial charge in [-0.3, -0.25) is 14.9 Å². The number of benzene rings is 1. The summed E-state index contributed by atoms with van der Waals surface area (Å²) in [5, 5.41) is 20.3. The Labute approximate surface area is 97.6 Å². The fourth-order valence-electron chi connectivity index (χ4n) is 2.05. The smallest absolute Gasteiger partial charge is 0.293 e. The summed E-state index contributed by atoms with van der Waals surface area (Å²) in [4.78, 5) is 23.4. The van der Waals surface area contributed by atoms with Crippen LogP contribution in [0, 0.1) is 17.0 Å². The Bertz CT molecular complexity index is 486. The number of aryl methyl sites for hydroxylation is 1. The maximum atomic E-state index is 11.7. The van der Waals surface area contributed by atoms with E-state index in [0.717, 1.165) is 0 Å². The van der Waals surface area contributed by atoms with E-state index < -0.39 is 11.0 Å². The van der Waals surface area contributed by atoms with Gasteiger partial charge in [-0.25, -0.2) is 0 Å². The molecule has 0 spiro atoms. The minimum Gasteiger partial charge on any atom is -0.391 e. The summed E-state index contributed by atoms with van der Waals surface area (Å²) in [5.41, 5.74) is 0.841. The molecule has 1 aliphatic rings. The van der Waals surface area contributed by atoms with Crippen molar-refractivity contribution in [3.05, 3.63) is 33.9 Å². The number of hydrogen-bond acceptors (Lipinski definition) is 4. The molecule has 1 N–H and O–H groups in total. The number of nitro groups is 1. The second-order valence-electron chi connectivity index (χ2n) is 4.06. The van der Waals surface area contributed by atoms with Crippen molar-refractivity contribution in [2.24, 2.45) is 0 Å². The van der Waals surface area contributed by atoms with Gasteiger partial charge in [0.1, 0.15) is 5.69 Å². The predicted molar refractivity (Wildman–Crippen MR) is 60.8 cm³/mol. The largest absolute Gasteiger partial charge is 0.391 e. The van der Waals surface area contributed by atoms with Gasteiger partial charge in [0.15, 0.2) is 0 Å². The molecule has 6 nitrogen and oxygen atoms in total. The van der Waals surface area contributed by atoms with Crippen molar-refractivity contribution in [3.8, 4) is 0 Å². The molecule has 90 valence electrons. The van der Waals surface area contributed by atoms with E-state index in [1.54, 1.807) is 19.1 Å². The van der Waals surface area contributed by atoms with Crippen LogP contribution in [0.1, 0.15) is 12.0 Å². The number of para-hydroxylation sites is 1. The number of amides is 1. The molecule has 1 heterocycles. The third kappa shape index (κ3) is 1.99. The number of hydrogen-bond donors (Lipinski definition) is 1. The van der Waals surface area contributed by atoms with Crippen LogP contribution in [0.2, 0.25) is 0 Å². The van der Waals surface area contributed by atoms with Gasteiger partial charge in [0.05, 0.1) is 24.0 Å². The summed E-state index contributed by atoms with van der Waals surface area (Å²) in [6, 6.07) is 4.65. The molecule has 0 bridgehead atoms. The normalized spacial score (nSPS) is 19.8. The summed E-state index contributed by atoms with van der Waals surface area (Å²) in [7, 11) is 0. The topological polar surface area (TPSA) is 83.7 Å². The van der Waals surface area contributed by atoms with Gasteiger partial charge in [0.2, 0.25) is 5.91 Å². The van der Waals surface area contributed by atoms with Crippen molar-refractivity contribution in [1.82, 2.24) is 0 Å². The van der Waals surface area contributed by atoms with Crippen molar-refractivity contribution in [2.45, 2.75) is 19.4 Å². The summed E-state index contributed by atoms with van der Waals surface area (Å²) in [6.45, 7) is 1.82. The van der Waals surface area contributed by atoms with Crippen LogP contribution < -0.4 is 4.90 Å². The summed E-state index contributed by atoms with van der Waals surface area (Å²) < 4.78 is 0. The molecule has 1 aromatic carbocycles. The second-order valence-corrected chi connectivity index (χ2v) is 4.06. The lowest BCUT2D eigenvalue weighted by molar-refractivity contribution is -0.384. The third-order valence-electron chi connectivity index (χ3n) is 2.79. The van der Waals surface area contributed by atoms with Gasteiger partial charge in [0, 0.05) is 6.07 Å². The molecule has 1 amide bonds. The lowest BCUT2D eigenvalue weighted by Crippen LogP contribution is -2.26. The Morgan fingerprint density at radius 2 is 2.24 bits per heavy atom. The van der Waals surface area contributed by atoms with E-state index >= 15 is 0 Å². The van der Waals surface area contributed by atoms with Crippen LogP contribution >= 0.6 is 0 Å². The van der Waals surface area contributed by atoms with Crippen molar-refractivity contribution >= 4 is 17.3 Å². The van der Waals surface area contributed by atoms with E-state index in [1.165, 1.54) is 11.0 Å². The monoisotopic (exact) mass is 236 g/mol. The Balaban J connectivity index is 2.51. The van der Waals surface area contributed by atoms with Gasteiger partial charge in [-0.2, -0.15) is 0 Å². The first kappa shape index (κ1) is 11.5. The number of aliphatic hydroxyl groups is 1. The maximum Gasteiger partial charge on any atom is 0.293 e. The molecule has 1 unspecified atom stereocenters. The summed E-state index contributed by atoms with van der Waals surface area (Å²) in [6.07, 6.45) is -0.729. The number of carbonyl (C=O) groups excluding carboxylic acids is 1. The average Bonchev–Trinajstić information content (AvgIpc) is 2.57. The van der Waals surface area contributed by atoms with Gasteiger partial charge in [-0.1, -0.05) is 12.1 Å². The highest BCUT2D eigenvalue weighted by Crippen LogP contribution is 2.34. The lowest BCUT2D eigenvalue weighted by atomic mass is 10.1. The predicted octanol–water partition coefficient (Wildman–Crippen LogP) is 1.00. The zero-order valence-electron chi connectivity index (χ0n) is 9.29. The Kier molecular flexibility index (Phi) is 2.81. The van der Waals surface area contributed by atoms with Crippen LogP contribution in [0.5, 0.6) is 0 Å². The van der Waals surface area contributed by atoms with E-state index in [-0.39, 0.29) is 24.6 Å². The first-order valence-corrected chi connectivity index (χ1v) is 5.23. The van der Waals surface area contributed by atoms with E-state index in [1.807, 2.05) is 0 Å². The molecular formula is C11H12N2O4. The minimum absolute atomic E-state index is 0.0193. The molecule has 0 aromatic heterocycles. The Hall–Kier alpha value is -1.95. The zero-order valence-corrected chi connectivity index (χ0v) is 9.29. The van der Waals surface area contributed by atoms with E-state index in [0.29, 0.717) is 11.3 Å². The van der Waals surface area contributed by atoms with E-state index in [9.17, 15) is 20.0 Å². The third-order valence-corrected chi connectivity index (χ3v) is 2.79. The second kappa shape index (κ2) is 4.14. The van der Waals surface area contributed by atoms with Gasteiger partial charge >= 0.3 is 0 Å². The molecular weight excluding hydrogens is 224 g/mol. The zero-order chi connectivity index (χ0) is 12.6. The molecule has 0 radical (unpaired) electrons. The number of carbonyl (C=O) groups is 1. The van der Waals surface area contributed by atoms with Crippen molar-refractivity contribution in [1.29, 1.82) is 0 Å². The standard InChI is InChI=1S/C11H12N2O4/c1-7-3-2-4-9(13(16)17)11(7)12-6-8(14)5-10(12)15/h2-4,8,14H,5-6H2,1H3. The molecule has 2 rings (SSSR count). The number of nitrogens with zero attached hydrogens (tertiary/aromatic N) is 2. The van der Waals surface area contributed by atoms with Gasteiger partial charge in [-0.15, -0.1) is 0 Å². The number of nitro benzene ring substituents is 1. The number of β-amino-alcohol motifs (C(OH)–C–C–N with tert-alkyl or cyclic N) is 1. The fourth-order valence-corrected chi connectivity index (χ4v) is 2.05. The number of aliphatic hydroxyl groups excluding tert-OH is 1. The quantitative estimate of drug-likeness (QED) is 0.613. The van der Waals surface area contributed by atoms with E-state index in [4.69, 9.17) is 0 Å². The van der Waals surface area contributed by atoms with Gasteiger partial charge < -0.3 is 10.0 Å². The molecule has 0 saturated carbocycles. The van der Waals surface area contributed by atoms with Crippen LogP contribution in [-0.4, -0.2) is 28.6 Å². The molecule has 17 heavy (non-hydrogen) atoms. The maximum absolute atomic E-state index is 11.7. The van der Waals surface area contributed by atoms with Crippen LogP contribution in [0.25, 0.3) is 0 Å². The molecule has 1 saturated heterocycles. The minimum atomic E-state index is -0.748. The number of anilines is 1. The fraction of sp³-hybridized carbons (Fsp3) is 0.364. The van der Waals surface area contributed by atoms with Crippen molar-refractivity contribution in [2.75, 3.05) is 11.4 Å². The van der Waals surface area contributed by atoms with Crippen molar-refractivity contribution < 1.29 is 14.8 Å². The SMILES string of the molecule is Cc1cccc([N+](=O)[O-])c1N1CC(O)CC1=O. The molecule has 1 aromatic rings. The molecule has 1 atom stereocenters. The first-order valence-electron chi connectivity index (χ1n) is 5.23. The highest BCUT2D eigenvalue weighted by Gasteiger charge is 2.34. The lowest BCUT2D eigenvalue weighted by Gasteiger charge is -2.18. The van der Waals surface area contributed by atoms with Crippen LogP contribution in [0.15, 0.2) is 18.2 Å². The van der Waals surface area contributed by atoms with E-state index in [2.05, 4.69) is 0 Å². The molecule has 1 fully saturated rings. The van der Waals surface area contributed by atoms with Gasteiger partial charge in [-0.05, 0) is 12.5 Å². The molecule has 0 aliphatic carbocycles. The Morgan fingerprint density at radius 1 is 1.53 bits per heavy atom. The van der Waals surface area contributed by atoms with Gasteiger partial charge in [0.25, 0.3) is 5.69 Å².